The van der Waals surface area contributed by atoms with Gasteiger partial charge in [0.15, 0.2) is 16.9 Å². The molecule has 1 unspecified atom stereocenters. The first-order valence-electron chi connectivity index (χ1n) is 9.79. The summed E-state index contributed by atoms with van der Waals surface area (Å²) in [4.78, 5) is 12.1. The summed E-state index contributed by atoms with van der Waals surface area (Å²) in [6.45, 7) is 2.68. The molecule has 0 saturated carbocycles. The van der Waals surface area contributed by atoms with Crippen molar-refractivity contribution >= 4 is 0 Å². The Morgan fingerprint density at radius 2 is 1.89 bits per heavy atom. The van der Waals surface area contributed by atoms with Crippen molar-refractivity contribution in [3.05, 3.63) is 82.1 Å². The van der Waals surface area contributed by atoms with Gasteiger partial charge in [-0.25, -0.2) is 0 Å². The fraction of sp³-hybridized carbons (Fsp3) is 0.292. The fourth-order valence-corrected chi connectivity index (χ4v) is 3.94. The van der Waals surface area contributed by atoms with Crippen LogP contribution in [0.15, 0.2) is 65.6 Å². The van der Waals surface area contributed by atoms with E-state index in [1.807, 2.05) is 42.6 Å². The zero-order chi connectivity index (χ0) is 19.5. The summed E-state index contributed by atoms with van der Waals surface area (Å²) in [5.41, 5.74) is 4.34. The molecule has 144 valence electrons. The van der Waals surface area contributed by atoms with Crippen molar-refractivity contribution in [2.24, 2.45) is 0 Å². The van der Waals surface area contributed by atoms with Gasteiger partial charge in [-0.1, -0.05) is 37.3 Å². The van der Waals surface area contributed by atoms with Crippen LogP contribution in [0.2, 0.25) is 0 Å². The Morgan fingerprint density at radius 3 is 2.64 bits per heavy atom. The van der Waals surface area contributed by atoms with E-state index in [1.165, 1.54) is 5.56 Å². The van der Waals surface area contributed by atoms with Gasteiger partial charge in [-0.3, -0.25) is 4.79 Å². The van der Waals surface area contributed by atoms with Gasteiger partial charge in [0.2, 0.25) is 0 Å². The molecule has 4 rings (SSSR count). The third kappa shape index (κ3) is 3.55. The van der Waals surface area contributed by atoms with Gasteiger partial charge < -0.3 is 14.0 Å². The minimum Gasteiger partial charge on any atom is -0.493 e. The van der Waals surface area contributed by atoms with Gasteiger partial charge in [-0.2, -0.15) is 0 Å². The van der Waals surface area contributed by atoms with E-state index in [1.54, 1.807) is 19.2 Å². The molecule has 1 atom stereocenters. The molecule has 1 aromatic heterocycles. The maximum atomic E-state index is 12.1. The van der Waals surface area contributed by atoms with E-state index in [-0.39, 0.29) is 5.43 Å². The highest BCUT2D eigenvalue weighted by Gasteiger charge is 2.22. The third-order valence-electron chi connectivity index (χ3n) is 5.47. The molecule has 0 fully saturated rings. The van der Waals surface area contributed by atoms with Crippen molar-refractivity contribution < 1.29 is 9.47 Å². The van der Waals surface area contributed by atoms with Crippen molar-refractivity contribution in [2.75, 3.05) is 7.11 Å². The predicted octanol–water partition coefficient (Wildman–Crippen LogP) is 5.00. The van der Waals surface area contributed by atoms with Crippen LogP contribution in [0.5, 0.6) is 11.5 Å². The molecule has 4 nitrogen and oxygen atoms in total. The first kappa shape index (κ1) is 18.4. The number of pyridine rings is 1. The van der Waals surface area contributed by atoms with E-state index in [0.29, 0.717) is 18.4 Å². The number of nitrogens with zero attached hydrogens (tertiary/aromatic N) is 1. The number of fused-ring (bicyclic) bond motifs is 3. The van der Waals surface area contributed by atoms with Gasteiger partial charge in [-0.15, -0.1) is 0 Å². The lowest BCUT2D eigenvalue weighted by molar-refractivity contribution is 0.284. The average Bonchev–Trinajstić information content (AvgIpc) is 2.88. The van der Waals surface area contributed by atoms with Crippen LogP contribution < -0.4 is 14.9 Å². The standard InChI is InChI=1S/C24H25NO3/c1-3-19-10-9-18-13-24(28-16-17-7-5-4-6-8-17)23(27-2)15-21(18)22-14-20(26)11-12-25(19)22/h4-8,11-15,19H,3,9-10,16H2,1-2H3. The second-order valence-corrected chi connectivity index (χ2v) is 7.19. The van der Waals surface area contributed by atoms with Gasteiger partial charge in [-0.05, 0) is 42.5 Å². The second-order valence-electron chi connectivity index (χ2n) is 7.19. The van der Waals surface area contributed by atoms with Crippen LogP contribution in [0, 0.1) is 0 Å². The summed E-state index contributed by atoms with van der Waals surface area (Å²) >= 11 is 0. The molecular weight excluding hydrogens is 350 g/mol. The lowest BCUT2D eigenvalue weighted by Crippen LogP contribution is -2.12. The van der Waals surface area contributed by atoms with Crippen LogP contribution in [-0.4, -0.2) is 11.7 Å². The second kappa shape index (κ2) is 7.93. The maximum Gasteiger partial charge on any atom is 0.182 e. The Kier molecular flexibility index (Phi) is 5.20. The van der Waals surface area contributed by atoms with Gasteiger partial charge in [0, 0.05) is 29.9 Å². The van der Waals surface area contributed by atoms with Crippen molar-refractivity contribution in [1.82, 2.24) is 4.57 Å². The number of hydrogen-bond acceptors (Lipinski definition) is 3. The van der Waals surface area contributed by atoms with E-state index < -0.39 is 0 Å². The summed E-state index contributed by atoms with van der Waals surface area (Å²) in [5.74, 6) is 1.43. The highest BCUT2D eigenvalue weighted by molar-refractivity contribution is 5.69. The zero-order valence-electron chi connectivity index (χ0n) is 16.4. The van der Waals surface area contributed by atoms with Crippen LogP contribution in [-0.2, 0) is 13.0 Å². The molecule has 2 heterocycles. The SMILES string of the molecule is CCC1CCc2cc(OCc3ccccc3)c(OC)cc2-c2cc(=O)ccn21. The van der Waals surface area contributed by atoms with E-state index in [0.717, 1.165) is 41.8 Å². The summed E-state index contributed by atoms with van der Waals surface area (Å²) in [6.07, 6.45) is 4.92. The molecule has 0 amide bonds. The van der Waals surface area contributed by atoms with E-state index in [9.17, 15) is 4.79 Å². The van der Waals surface area contributed by atoms with Crippen LogP contribution in [0.25, 0.3) is 11.3 Å². The van der Waals surface area contributed by atoms with E-state index in [4.69, 9.17) is 9.47 Å². The third-order valence-corrected chi connectivity index (χ3v) is 5.47. The van der Waals surface area contributed by atoms with Gasteiger partial charge >= 0.3 is 0 Å². The topological polar surface area (TPSA) is 40.5 Å². The number of rotatable bonds is 5. The van der Waals surface area contributed by atoms with Gasteiger partial charge in [0.05, 0.1) is 12.8 Å². The lowest BCUT2D eigenvalue weighted by atomic mass is 9.99. The molecule has 0 bridgehead atoms. The molecule has 1 aliphatic rings. The Labute approximate surface area is 165 Å². The number of aryl methyl sites for hydroxylation is 1. The van der Waals surface area contributed by atoms with Gasteiger partial charge in [0.1, 0.15) is 6.61 Å². The zero-order valence-corrected chi connectivity index (χ0v) is 16.4. The summed E-state index contributed by atoms with van der Waals surface area (Å²) in [5, 5.41) is 0. The first-order chi connectivity index (χ1) is 13.7. The summed E-state index contributed by atoms with van der Waals surface area (Å²) in [6, 6.07) is 17.9. The summed E-state index contributed by atoms with van der Waals surface area (Å²) in [7, 11) is 1.65. The van der Waals surface area contributed by atoms with Crippen molar-refractivity contribution in [3.63, 3.8) is 0 Å². The predicted molar refractivity (Wildman–Crippen MR) is 111 cm³/mol. The summed E-state index contributed by atoms with van der Waals surface area (Å²) < 4.78 is 14.0. The molecule has 3 aromatic rings. The minimum atomic E-state index is 0.0253. The number of ether oxygens (including phenoxy) is 2. The highest BCUT2D eigenvalue weighted by atomic mass is 16.5. The molecular formula is C24H25NO3. The molecule has 0 saturated heterocycles. The number of hydrogen-bond donors (Lipinski definition) is 0. The average molecular weight is 375 g/mol. The van der Waals surface area contributed by atoms with Crippen LogP contribution in [0.4, 0.5) is 0 Å². The Hall–Kier alpha value is -3.01. The molecule has 0 radical (unpaired) electrons. The lowest BCUT2D eigenvalue weighted by Gasteiger charge is -2.20. The largest absolute Gasteiger partial charge is 0.493 e. The molecule has 4 heteroatoms. The minimum absolute atomic E-state index is 0.0253. The molecule has 0 N–H and O–H groups in total. The van der Waals surface area contributed by atoms with E-state index in [2.05, 4.69) is 17.6 Å². The Bertz CT molecular complexity index is 1020. The van der Waals surface area contributed by atoms with Crippen LogP contribution in [0.3, 0.4) is 0 Å². The van der Waals surface area contributed by atoms with Crippen molar-refractivity contribution in [2.45, 2.75) is 38.8 Å². The van der Waals surface area contributed by atoms with Crippen LogP contribution >= 0.6 is 0 Å². The molecule has 1 aliphatic heterocycles. The Balaban J connectivity index is 1.75. The number of methoxy groups -OCH3 is 1. The molecule has 2 aromatic carbocycles. The smallest absolute Gasteiger partial charge is 0.182 e. The quantitative estimate of drug-likeness (QED) is 0.630. The fourth-order valence-electron chi connectivity index (χ4n) is 3.94. The Morgan fingerprint density at radius 1 is 1.07 bits per heavy atom. The maximum absolute atomic E-state index is 12.1. The molecule has 28 heavy (non-hydrogen) atoms. The number of benzene rings is 2. The molecule has 0 aliphatic carbocycles. The molecule has 0 spiro atoms. The van der Waals surface area contributed by atoms with E-state index >= 15 is 0 Å². The monoisotopic (exact) mass is 375 g/mol. The normalized spacial score (nSPS) is 15.3. The van der Waals surface area contributed by atoms with Gasteiger partial charge in [0.25, 0.3) is 0 Å². The van der Waals surface area contributed by atoms with Crippen LogP contribution in [0.1, 0.15) is 36.9 Å². The van der Waals surface area contributed by atoms with Crippen molar-refractivity contribution in [3.8, 4) is 22.8 Å². The van der Waals surface area contributed by atoms with Crippen molar-refractivity contribution in [1.29, 1.82) is 0 Å². The highest BCUT2D eigenvalue weighted by Crippen LogP contribution is 2.40. The number of aromatic nitrogens is 1. The first-order valence-corrected chi connectivity index (χ1v) is 9.79.